The van der Waals surface area contributed by atoms with E-state index in [1.54, 1.807) is 0 Å². The number of hydrogen-bond acceptors (Lipinski definition) is 3. The van der Waals surface area contributed by atoms with Gasteiger partial charge < -0.3 is 11.1 Å². The second-order valence-corrected chi connectivity index (χ2v) is 5.33. The summed E-state index contributed by atoms with van der Waals surface area (Å²) in [4.78, 5) is -0.262. The highest BCUT2D eigenvalue weighted by atomic mass is 32.1. The van der Waals surface area contributed by atoms with E-state index in [9.17, 15) is 13.2 Å². The highest BCUT2D eigenvalue weighted by molar-refractivity contribution is 7.80. The van der Waals surface area contributed by atoms with Gasteiger partial charge in [-0.1, -0.05) is 12.2 Å². The Balaban J connectivity index is 2.25. The molecule has 0 spiro atoms. The number of nitrogens with one attached hydrogen (secondary N) is 1. The number of hydrogen-bond donors (Lipinski definition) is 2. The average Bonchev–Trinajstić information content (AvgIpc) is 2.88. The zero-order chi connectivity index (χ0) is 14.8. The molecule has 0 atom stereocenters. The van der Waals surface area contributed by atoms with Gasteiger partial charge in [0, 0.05) is 17.8 Å². The van der Waals surface area contributed by atoms with E-state index in [1.165, 1.54) is 23.5 Å². The molecule has 106 valence electrons. The quantitative estimate of drug-likeness (QED) is 0.837. The van der Waals surface area contributed by atoms with E-state index in [1.807, 2.05) is 16.8 Å². The molecule has 0 radical (unpaired) electrons. The molecule has 0 aliphatic carbocycles. The third kappa shape index (κ3) is 3.49. The number of alkyl halides is 3. The van der Waals surface area contributed by atoms with E-state index in [0.29, 0.717) is 12.2 Å². The SMILES string of the molecule is NC(=S)c1ccc(NCc2ccsc2)cc1C(F)(F)F. The fourth-order valence-electron chi connectivity index (χ4n) is 1.70. The maximum atomic E-state index is 13.0. The smallest absolute Gasteiger partial charge is 0.389 e. The molecule has 0 fully saturated rings. The Labute approximate surface area is 123 Å². The molecular weight excluding hydrogens is 305 g/mol. The van der Waals surface area contributed by atoms with Crippen molar-refractivity contribution < 1.29 is 13.2 Å². The summed E-state index contributed by atoms with van der Waals surface area (Å²) in [6.45, 7) is 0.465. The zero-order valence-corrected chi connectivity index (χ0v) is 11.8. The molecule has 2 aromatic rings. The predicted octanol–water partition coefficient (Wildman–Crippen LogP) is 4.01. The number of nitrogens with two attached hydrogens (primary N) is 1. The number of benzene rings is 1. The lowest BCUT2D eigenvalue weighted by molar-refractivity contribution is -0.137. The Morgan fingerprint density at radius 2 is 2.05 bits per heavy atom. The van der Waals surface area contributed by atoms with Crippen molar-refractivity contribution in [2.75, 3.05) is 5.32 Å². The number of halogens is 3. The first-order valence-electron chi connectivity index (χ1n) is 5.64. The van der Waals surface area contributed by atoms with Gasteiger partial charge in [0.2, 0.25) is 0 Å². The molecule has 0 saturated carbocycles. The van der Waals surface area contributed by atoms with Gasteiger partial charge in [-0.15, -0.1) is 0 Å². The first-order valence-corrected chi connectivity index (χ1v) is 6.99. The van der Waals surface area contributed by atoms with Crippen LogP contribution in [0.3, 0.4) is 0 Å². The normalized spacial score (nSPS) is 11.3. The van der Waals surface area contributed by atoms with Crippen molar-refractivity contribution in [3.8, 4) is 0 Å². The molecule has 0 aliphatic heterocycles. The highest BCUT2D eigenvalue weighted by Crippen LogP contribution is 2.34. The molecule has 3 N–H and O–H groups in total. The second-order valence-electron chi connectivity index (χ2n) is 4.11. The van der Waals surface area contributed by atoms with Crippen LogP contribution in [-0.4, -0.2) is 4.99 Å². The molecule has 0 unspecified atom stereocenters. The number of rotatable bonds is 4. The number of thiophene rings is 1. The average molecular weight is 316 g/mol. The van der Waals surface area contributed by atoms with Crippen molar-refractivity contribution in [2.24, 2.45) is 5.73 Å². The van der Waals surface area contributed by atoms with Crippen LogP contribution in [0.4, 0.5) is 18.9 Å². The van der Waals surface area contributed by atoms with Crippen LogP contribution in [0.2, 0.25) is 0 Å². The van der Waals surface area contributed by atoms with E-state index >= 15 is 0 Å². The largest absolute Gasteiger partial charge is 0.417 e. The van der Waals surface area contributed by atoms with E-state index in [-0.39, 0.29) is 10.6 Å². The van der Waals surface area contributed by atoms with Crippen LogP contribution in [-0.2, 0) is 12.7 Å². The molecule has 1 heterocycles. The third-order valence-corrected chi connectivity index (χ3v) is 3.62. The molecule has 0 amide bonds. The van der Waals surface area contributed by atoms with Crippen molar-refractivity contribution in [3.05, 3.63) is 51.7 Å². The Bertz CT molecular complexity index is 607. The van der Waals surface area contributed by atoms with Crippen LogP contribution >= 0.6 is 23.6 Å². The van der Waals surface area contributed by atoms with Crippen LogP contribution in [0.15, 0.2) is 35.0 Å². The first-order chi connectivity index (χ1) is 9.38. The lowest BCUT2D eigenvalue weighted by Gasteiger charge is -2.14. The van der Waals surface area contributed by atoms with Crippen LogP contribution in [0.5, 0.6) is 0 Å². The van der Waals surface area contributed by atoms with E-state index in [4.69, 9.17) is 5.73 Å². The van der Waals surface area contributed by atoms with Crippen molar-refractivity contribution in [3.63, 3.8) is 0 Å². The van der Waals surface area contributed by atoms with Gasteiger partial charge in [-0.3, -0.25) is 0 Å². The molecule has 0 saturated heterocycles. The maximum Gasteiger partial charge on any atom is 0.417 e. The maximum absolute atomic E-state index is 13.0. The van der Waals surface area contributed by atoms with Crippen LogP contribution in [0.1, 0.15) is 16.7 Å². The Hall–Kier alpha value is -1.60. The van der Waals surface area contributed by atoms with E-state index in [0.717, 1.165) is 11.6 Å². The molecular formula is C13H11F3N2S2. The minimum absolute atomic E-state index is 0.159. The molecule has 7 heteroatoms. The number of anilines is 1. The van der Waals surface area contributed by atoms with Crippen molar-refractivity contribution in [1.29, 1.82) is 0 Å². The molecule has 0 bridgehead atoms. The van der Waals surface area contributed by atoms with Gasteiger partial charge in [0.25, 0.3) is 0 Å². The van der Waals surface area contributed by atoms with Gasteiger partial charge in [-0.2, -0.15) is 24.5 Å². The fraction of sp³-hybridized carbons (Fsp3) is 0.154. The minimum atomic E-state index is -4.49. The van der Waals surface area contributed by atoms with Gasteiger partial charge in [-0.25, -0.2) is 0 Å². The first kappa shape index (κ1) is 14.8. The van der Waals surface area contributed by atoms with Crippen molar-refractivity contribution in [2.45, 2.75) is 12.7 Å². The lowest BCUT2D eigenvalue weighted by Crippen LogP contribution is -2.18. The fourth-order valence-corrected chi connectivity index (χ4v) is 2.55. The summed E-state index contributed by atoms with van der Waals surface area (Å²) in [5.74, 6) is 0. The summed E-state index contributed by atoms with van der Waals surface area (Å²) in [7, 11) is 0. The molecule has 0 aliphatic rings. The Morgan fingerprint density at radius 3 is 2.60 bits per heavy atom. The molecule has 1 aromatic heterocycles. The standard InChI is InChI=1S/C13H11F3N2S2/c14-13(15,16)11-5-9(1-2-10(11)12(17)19)18-6-8-3-4-20-7-8/h1-5,7,18H,6H2,(H2,17,19). The van der Waals surface area contributed by atoms with Crippen LogP contribution in [0.25, 0.3) is 0 Å². The van der Waals surface area contributed by atoms with E-state index < -0.39 is 11.7 Å². The summed E-state index contributed by atoms with van der Waals surface area (Å²) in [5, 5.41) is 6.79. The topological polar surface area (TPSA) is 38.0 Å². The van der Waals surface area contributed by atoms with Crippen LogP contribution < -0.4 is 11.1 Å². The van der Waals surface area contributed by atoms with E-state index in [2.05, 4.69) is 17.5 Å². The van der Waals surface area contributed by atoms with Gasteiger partial charge in [0.05, 0.1) is 5.56 Å². The Morgan fingerprint density at radius 1 is 1.30 bits per heavy atom. The summed E-state index contributed by atoms with van der Waals surface area (Å²) in [6, 6.07) is 5.77. The van der Waals surface area contributed by atoms with Gasteiger partial charge in [-0.05, 0) is 40.6 Å². The van der Waals surface area contributed by atoms with Crippen molar-refractivity contribution in [1.82, 2.24) is 0 Å². The zero-order valence-electron chi connectivity index (χ0n) is 10.2. The number of thiocarbonyl (C=S) groups is 1. The lowest BCUT2D eigenvalue weighted by atomic mass is 10.1. The molecule has 2 rings (SSSR count). The Kier molecular flexibility index (Phi) is 4.29. The van der Waals surface area contributed by atoms with Crippen molar-refractivity contribution >= 4 is 34.2 Å². The third-order valence-electron chi connectivity index (χ3n) is 2.67. The predicted molar refractivity (Wildman–Crippen MR) is 79.0 cm³/mol. The molecule has 20 heavy (non-hydrogen) atoms. The second kappa shape index (κ2) is 5.80. The van der Waals surface area contributed by atoms with Gasteiger partial charge in [0.15, 0.2) is 0 Å². The van der Waals surface area contributed by atoms with Gasteiger partial charge in [0.1, 0.15) is 4.99 Å². The summed E-state index contributed by atoms with van der Waals surface area (Å²) in [5.41, 5.74) is 5.74. The van der Waals surface area contributed by atoms with Gasteiger partial charge >= 0.3 is 6.18 Å². The highest BCUT2D eigenvalue weighted by Gasteiger charge is 2.34. The minimum Gasteiger partial charge on any atom is -0.389 e. The van der Waals surface area contributed by atoms with Crippen LogP contribution in [0, 0.1) is 0 Å². The molecule has 2 nitrogen and oxygen atoms in total. The summed E-state index contributed by atoms with van der Waals surface area (Å²) >= 11 is 6.18. The summed E-state index contributed by atoms with van der Waals surface area (Å²) in [6.07, 6.45) is -4.49. The monoisotopic (exact) mass is 316 g/mol. The summed E-state index contributed by atoms with van der Waals surface area (Å²) < 4.78 is 38.9. The molecule has 1 aromatic carbocycles.